The molecule has 0 radical (unpaired) electrons. The maximum atomic E-state index is 12.6. The Labute approximate surface area is 154 Å². The van der Waals surface area contributed by atoms with E-state index in [0.717, 1.165) is 37.1 Å². The van der Waals surface area contributed by atoms with Crippen LogP contribution in [0, 0.1) is 0 Å². The maximum Gasteiger partial charge on any atom is 0.246 e. The molecule has 26 heavy (non-hydrogen) atoms. The van der Waals surface area contributed by atoms with Crippen LogP contribution in [0.25, 0.3) is 6.08 Å². The first-order valence-corrected chi connectivity index (χ1v) is 9.02. The van der Waals surface area contributed by atoms with Crippen LogP contribution in [-0.2, 0) is 16.0 Å². The predicted octanol–water partition coefficient (Wildman–Crippen LogP) is 3.89. The van der Waals surface area contributed by atoms with Gasteiger partial charge in [-0.1, -0.05) is 42.5 Å². The SMILES string of the molecule is CC(=O)Nc1ccc(/C=C/C(=O)N2CCCC2Cc2ccccc2)cc1. The molecule has 134 valence electrons. The molecule has 4 heteroatoms. The van der Waals surface area contributed by atoms with Gasteiger partial charge in [0.1, 0.15) is 0 Å². The number of nitrogens with one attached hydrogen (secondary N) is 1. The van der Waals surface area contributed by atoms with Gasteiger partial charge in [0.2, 0.25) is 11.8 Å². The molecule has 0 aliphatic carbocycles. The van der Waals surface area contributed by atoms with Gasteiger partial charge in [0.15, 0.2) is 0 Å². The summed E-state index contributed by atoms with van der Waals surface area (Å²) in [4.78, 5) is 25.6. The highest BCUT2D eigenvalue weighted by atomic mass is 16.2. The Morgan fingerprint density at radius 2 is 1.85 bits per heavy atom. The van der Waals surface area contributed by atoms with Crippen molar-refractivity contribution in [2.45, 2.75) is 32.2 Å². The second-order valence-electron chi connectivity index (χ2n) is 6.65. The minimum atomic E-state index is -0.0954. The second-order valence-corrected chi connectivity index (χ2v) is 6.65. The van der Waals surface area contributed by atoms with Gasteiger partial charge in [-0.3, -0.25) is 9.59 Å². The summed E-state index contributed by atoms with van der Waals surface area (Å²) in [5, 5.41) is 2.73. The van der Waals surface area contributed by atoms with Crippen LogP contribution in [0.3, 0.4) is 0 Å². The topological polar surface area (TPSA) is 49.4 Å². The second kappa shape index (κ2) is 8.48. The van der Waals surface area contributed by atoms with Crippen molar-refractivity contribution in [3.63, 3.8) is 0 Å². The molecule has 1 aliphatic heterocycles. The largest absolute Gasteiger partial charge is 0.336 e. The molecule has 2 aromatic carbocycles. The van der Waals surface area contributed by atoms with E-state index in [2.05, 4.69) is 17.4 Å². The Morgan fingerprint density at radius 3 is 2.54 bits per heavy atom. The highest BCUT2D eigenvalue weighted by molar-refractivity contribution is 5.92. The average molecular weight is 348 g/mol. The number of carbonyl (C=O) groups excluding carboxylic acids is 2. The van der Waals surface area contributed by atoms with E-state index in [1.807, 2.05) is 53.4 Å². The number of amides is 2. The average Bonchev–Trinajstić information content (AvgIpc) is 3.09. The Morgan fingerprint density at radius 1 is 1.12 bits per heavy atom. The van der Waals surface area contributed by atoms with Crippen molar-refractivity contribution in [1.82, 2.24) is 4.90 Å². The van der Waals surface area contributed by atoms with Crippen LogP contribution in [0.1, 0.15) is 30.9 Å². The number of hydrogen-bond donors (Lipinski definition) is 1. The first-order valence-electron chi connectivity index (χ1n) is 9.02. The maximum absolute atomic E-state index is 12.6. The van der Waals surface area contributed by atoms with Crippen LogP contribution in [0.2, 0.25) is 0 Å². The number of benzene rings is 2. The molecule has 0 aromatic heterocycles. The molecule has 0 saturated carbocycles. The summed E-state index contributed by atoms with van der Waals surface area (Å²) in [5.74, 6) is -0.0312. The van der Waals surface area contributed by atoms with Gasteiger partial charge < -0.3 is 10.2 Å². The van der Waals surface area contributed by atoms with Gasteiger partial charge in [-0.05, 0) is 48.6 Å². The lowest BCUT2D eigenvalue weighted by Gasteiger charge is -2.23. The number of rotatable bonds is 5. The molecule has 3 rings (SSSR count). The standard InChI is InChI=1S/C22H24N2O2/c1-17(25)23-20-12-9-18(10-13-20)11-14-22(26)24-15-5-8-21(24)16-19-6-3-2-4-7-19/h2-4,6-7,9-14,21H,5,8,15-16H2,1H3,(H,23,25)/b14-11+. The van der Waals surface area contributed by atoms with E-state index in [4.69, 9.17) is 0 Å². The van der Waals surface area contributed by atoms with Gasteiger partial charge in [0.05, 0.1) is 0 Å². The quantitative estimate of drug-likeness (QED) is 0.834. The molecule has 0 bridgehead atoms. The monoisotopic (exact) mass is 348 g/mol. The van der Waals surface area contributed by atoms with E-state index in [9.17, 15) is 9.59 Å². The molecule has 1 aliphatic rings. The fourth-order valence-corrected chi connectivity index (χ4v) is 3.37. The summed E-state index contributed by atoms with van der Waals surface area (Å²) in [6, 6.07) is 18.1. The minimum absolute atomic E-state index is 0.0642. The normalized spacial score (nSPS) is 16.8. The Bertz CT molecular complexity index is 782. The van der Waals surface area contributed by atoms with Crippen LogP contribution in [0.5, 0.6) is 0 Å². The number of anilines is 1. The van der Waals surface area contributed by atoms with Crippen molar-refractivity contribution in [2.75, 3.05) is 11.9 Å². The first-order chi connectivity index (χ1) is 12.6. The van der Waals surface area contributed by atoms with Gasteiger partial charge in [-0.25, -0.2) is 0 Å². The van der Waals surface area contributed by atoms with Gasteiger partial charge >= 0.3 is 0 Å². The van der Waals surface area contributed by atoms with Crippen molar-refractivity contribution >= 4 is 23.6 Å². The van der Waals surface area contributed by atoms with E-state index >= 15 is 0 Å². The third kappa shape index (κ3) is 4.82. The van der Waals surface area contributed by atoms with Crippen molar-refractivity contribution < 1.29 is 9.59 Å². The molecule has 2 amide bonds. The van der Waals surface area contributed by atoms with E-state index in [1.165, 1.54) is 12.5 Å². The zero-order valence-corrected chi connectivity index (χ0v) is 15.0. The van der Waals surface area contributed by atoms with Gasteiger partial charge in [-0.15, -0.1) is 0 Å². The zero-order chi connectivity index (χ0) is 18.4. The van der Waals surface area contributed by atoms with Crippen molar-refractivity contribution in [3.05, 3.63) is 71.8 Å². The molecule has 4 nitrogen and oxygen atoms in total. The lowest BCUT2D eigenvalue weighted by atomic mass is 10.0. The van der Waals surface area contributed by atoms with Crippen LogP contribution in [0.4, 0.5) is 5.69 Å². The predicted molar refractivity (Wildman–Crippen MR) is 105 cm³/mol. The summed E-state index contributed by atoms with van der Waals surface area (Å²) in [7, 11) is 0. The van der Waals surface area contributed by atoms with Crippen molar-refractivity contribution in [1.29, 1.82) is 0 Å². The first kappa shape index (κ1) is 17.9. The van der Waals surface area contributed by atoms with Crippen LogP contribution in [-0.4, -0.2) is 29.3 Å². The summed E-state index contributed by atoms with van der Waals surface area (Å²) in [6.07, 6.45) is 6.50. The molecule has 0 spiro atoms. The third-order valence-electron chi connectivity index (χ3n) is 4.62. The van der Waals surface area contributed by atoms with Crippen LogP contribution >= 0.6 is 0 Å². The summed E-state index contributed by atoms with van der Waals surface area (Å²) in [5.41, 5.74) is 2.96. The molecule has 1 fully saturated rings. The van der Waals surface area contributed by atoms with E-state index < -0.39 is 0 Å². The van der Waals surface area contributed by atoms with Gasteiger partial charge in [-0.2, -0.15) is 0 Å². The highest BCUT2D eigenvalue weighted by Crippen LogP contribution is 2.22. The summed E-state index contributed by atoms with van der Waals surface area (Å²) in [6.45, 7) is 2.30. The molecule has 1 atom stereocenters. The van der Waals surface area contributed by atoms with Crippen LogP contribution < -0.4 is 5.32 Å². The minimum Gasteiger partial charge on any atom is -0.336 e. The molecular weight excluding hydrogens is 324 g/mol. The summed E-state index contributed by atoms with van der Waals surface area (Å²) >= 11 is 0. The Hall–Kier alpha value is -2.88. The summed E-state index contributed by atoms with van der Waals surface area (Å²) < 4.78 is 0. The lowest BCUT2D eigenvalue weighted by molar-refractivity contribution is -0.126. The van der Waals surface area contributed by atoms with Gasteiger partial charge in [0, 0.05) is 31.3 Å². The Kier molecular flexibility index (Phi) is 5.84. The third-order valence-corrected chi connectivity index (χ3v) is 4.62. The van der Waals surface area contributed by atoms with E-state index in [1.54, 1.807) is 6.08 Å². The molecule has 2 aromatic rings. The fraction of sp³-hybridized carbons (Fsp3) is 0.273. The molecule has 1 saturated heterocycles. The molecular formula is C22H24N2O2. The molecule has 1 N–H and O–H groups in total. The smallest absolute Gasteiger partial charge is 0.246 e. The lowest BCUT2D eigenvalue weighted by Crippen LogP contribution is -2.35. The number of likely N-dealkylation sites (tertiary alicyclic amines) is 1. The van der Waals surface area contributed by atoms with Gasteiger partial charge in [0.25, 0.3) is 0 Å². The zero-order valence-electron chi connectivity index (χ0n) is 15.0. The molecule has 1 heterocycles. The number of carbonyl (C=O) groups is 2. The number of hydrogen-bond acceptors (Lipinski definition) is 2. The number of nitrogens with zero attached hydrogens (tertiary/aromatic N) is 1. The van der Waals surface area contributed by atoms with E-state index in [-0.39, 0.29) is 17.9 Å². The highest BCUT2D eigenvalue weighted by Gasteiger charge is 2.27. The molecule has 1 unspecified atom stereocenters. The fourth-order valence-electron chi connectivity index (χ4n) is 3.37. The van der Waals surface area contributed by atoms with Crippen molar-refractivity contribution in [2.24, 2.45) is 0 Å². The van der Waals surface area contributed by atoms with E-state index in [0.29, 0.717) is 0 Å². The van der Waals surface area contributed by atoms with Crippen LogP contribution in [0.15, 0.2) is 60.7 Å². The van der Waals surface area contributed by atoms with Crippen molar-refractivity contribution in [3.8, 4) is 0 Å². The Balaban J connectivity index is 1.61.